The molecular formula is C12H23N3O2. The van der Waals surface area contributed by atoms with Gasteiger partial charge >= 0.3 is 0 Å². The number of ether oxygens (including phenoxy) is 1. The van der Waals surface area contributed by atoms with Gasteiger partial charge in [0.25, 0.3) is 0 Å². The minimum Gasteiger partial charge on any atom is -0.379 e. The first-order valence-electron chi connectivity index (χ1n) is 6.55. The van der Waals surface area contributed by atoms with Gasteiger partial charge < -0.3 is 15.0 Å². The molecule has 0 bridgehead atoms. The quantitative estimate of drug-likeness (QED) is 0.723. The van der Waals surface area contributed by atoms with Gasteiger partial charge in [-0.05, 0) is 13.0 Å². The van der Waals surface area contributed by atoms with Crippen LogP contribution in [0, 0.1) is 0 Å². The van der Waals surface area contributed by atoms with Gasteiger partial charge in [-0.15, -0.1) is 0 Å². The van der Waals surface area contributed by atoms with Gasteiger partial charge in [-0.3, -0.25) is 9.69 Å². The summed E-state index contributed by atoms with van der Waals surface area (Å²) in [7, 11) is 0. The first-order valence-corrected chi connectivity index (χ1v) is 6.55. The Morgan fingerprint density at radius 3 is 2.82 bits per heavy atom. The maximum atomic E-state index is 11.7. The van der Waals surface area contributed by atoms with E-state index in [1.165, 1.54) is 0 Å². The van der Waals surface area contributed by atoms with Crippen molar-refractivity contribution >= 4 is 5.91 Å². The van der Waals surface area contributed by atoms with E-state index in [-0.39, 0.29) is 5.91 Å². The fourth-order valence-corrected chi connectivity index (χ4v) is 2.58. The summed E-state index contributed by atoms with van der Waals surface area (Å²) in [5.74, 6) is 0.201. The van der Waals surface area contributed by atoms with Crippen molar-refractivity contribution in [3.8, 4) is 0 Å². The van der Waals surface area contributed by atoms with Crippen molar-refractivity contribution in [2.75, 3.05) is 52.5 Å². The molecular weight excluding hydrogens is 218 g/mol. The molecule has 2 fully saturated rings. The summed E-state index contributed by atoms with van der Waals surface area (Å²) in [5, 5.41) is 3.32. The van der Waals surface area contributed by atoms with Gasteiger partial charge in [0.15, 0.2) is 0 Å². The van der Waals surface area contributed by atoms with Crippen molar-refractivity contribution in [3.63, 3.8) is 0 Å². The van der Waals surface area contributed by atoms with Crippen molar-refractivity contribution in [1.29, 1.82) is 0 Å². The molecule has 1 atom stereocenters. The Labute approximate surface area is 103 Å². The maximum absolute atomic E-state index is 11.7. The van der Waals surface area contributed by atoms with Gasteiger partial charge in [0, 0.05) is 45.7 Å². The third-order valence-corrected chi connectivity index (χ3v) is 3.64. The molecule has 5 nitrogen and oxygen atoms in total. The second kappa shape index (κ2) is 6.33. The van der Waals surface area contributed by atoms with Gasteiger partial charge in [0.1, 0.15) is 0 Å². The molecule has 1 unspecified atom stereocenters. The predicted octanol–water partition coefficient (Wildman–Crippen LogP) is -0.471. The summed E-state index contributed by atoms with van der Waals surface area (Å²) in [6.45, 7) is 9.12. The van der Waals surface area contributed by atoms with Crippen LogP contribution in [0.15, 0.2) is 0 Å². The largest absolute Gasteiger partial charge is 0.379 e. The van der Waals surface area contributed by atoms with Crippen LogP contribution >= 0.6 is 0 Å². The molecule has 2 saturated heterocycles. The smallest absolute Gasteiger partial charge is 0.219 e. The van der Waals surface area contributed by atoms with E-state index < -0.39 is 0 Å². The number of nitrogens with one attached hydrogen (secondary N) is 1. The lowest BCUT2D eigenvalue weighted by Crippen LogP contribution is -2.46. The summed E-state index contributed by atoms with van der Waals surface area (Å²) in [6.07, 6.45) is 1.09. The van der Waals surface area contributed by atoms with Crippen molar-refractivity contribution in [1.82, 2.24) is 15.1 Å². The number of nitrogens with zero attached hydrogens (tertiary/aromatic N) is 2. The SMILES string of the molecule is CC(=O)N(CCN1CCOCC1)C1CCNC1. The molecule has 0 saturated carbocycles. The van der Waals surface area contributed by atoms with E-state index in [0.717, 1.165) is 58.9 Å². The number of morpholine rings is 1. The first kappa shape index (κ1) is 12.8. The van der Waals surface area contributed by atoms with Crippen molar-refractivity contribution in [3.05, 3.63) is 0 Å². The molecule has 1 amide bonds. The topological polar surface area (TPSA) is 44.8 Å². The molecule has 0 spiro atoms. The predicted molar refractivity (Wildman–Crippen MR) is 65.9 cm³/mol. The summed E-state index contributed by atoms with van der Waals surface area (Å²) in [5.41, 5.74) is 0. The molecule has 0 aromatic heterocycles. The van der Waals surface area contributed by atoms with Crippen LogP contribution < -0.4 is 5.32 Å². The number of carbonyl (C=O) groups is 1. The van der Waals surface area contributed by atoms with Crippen LogP contribution in [0.2, 0.25) is 0 Å². The van der Waals surface area contributed by atoms with E-state index in [1.807, 2.05) is 4.90 Å². The number of hydrogen-bond donors (Lipinski definition) is 1. The zero-order valence-corrected chi connectivity index (χ0v) is 10.7. The number of amides is 1. The molecule has 5 heteroatoms. The lowest BCUT2D eigenvalue weighted by molar-refractivity contribution is -0.131. The van der Waals surface area contributed by atoms with Crippen molar-refractivity contribution in [2.24, 2.45) is 0 Å². The molecule has 0 radical (unpaired) electrons. The van der Waals surface area contributed by atoms with E-state index in [4.69, 9.17) is 4.74 Å². The molecule has 0 aliphatic carbocycles. The van der Waals surface area contributed by atoms with Gasteiger partial charge in [0.2, 0.25) is 5.91 Å². The average Bonchev–Trinajstić information content (AvgIpc) is 2.84. The minimum absolute atomic E-state index is 0.201. The number of hydrogen-bond acceptors (Lipinski definition) is 4. The van der Waals surface area contributed by atoms with Crippen LogP contribution in [0.3, 0.4) is 0 Å². The zero-order valence-electron chi connectivity index (χ0n) is 10.7. The van der Waals surface area contributed by atoms with Gasteiger partial charge in [-0.2, -0.15) is 0 Å². The molecule has 0 aromatic rings. The highest BCUT2D eigenvalue weighted by atomic mass is 16.5. The molecule has 2 rings (SSSR count). The van der Waals surface area contributed by atoms with E-state index in [9.17, 15) is 4.79 Å². The van der Waals surface area contributed by atoms with E-state index in [2.05, 4.69) is 10.2 Å². The van der Waals surface area contributed by atoms with Gasteiger partial charge in [-0.1, -0.05) is 0 Å². The van der Waals surface area contributed by atoms with Gasteiger partial charge in [0.05, 0.1) is 13.2 Å². The highest BCUT2D eigenvalue weighted by molar-refractivity contribution is 5.73. The Hall–Kier alpha value is -0.650. The normalized spacial score (nSPS) is 26.1. The Morgan fingerprint density at radius 1 is 1.47 bits per heavy atom. The lowest BCUT2D eigenvalue weighted by atomic mass is 10.2. The highest BCUT2D eigenvalue weighted by Gasteiger charge is 2.24. The van der Waals surface area contributed by atoms with Crippen LogP contribution in [-0.2, 0) is 9.53 Å². The van der Waals surface area contributed by atoms with Crippen LogP contribution in [0.4, 0.5) is 0 Å². The third-order valence-electron chi connectivity index (χ3n) is 3.64. The van der Waals surface area contributed by atoms with Crippen LogP contribution in [-0.4, -0.2) is 74.2 Å². The van der Waals surface area contributed by atoms with Crippen molar-refractivity contribution in [2.45, 2.75) is 19.4 Å². The monoisotopic (exact) mass is 241 g/mol. The van der Waals surface area contributed by atoms with E-state index >= 15 is 0 Å². The average molecular weight is 241 g/mol. The van der Waals surface area contributed by atoms with E-state index in [1.54, 1.807) is 6.92 Å². The third kappa shape index (κ3) is 3.66. The summed E-state index contributed by atoms with van der Waals surface area (Å²) in [4.78, 5) is 16.1. The standard InChI is InChI=1S/C12H23N3O2/c1-11(16)15(12-2-3-13-10-12)5-4-14-6-8-17-9-7-14/h12-13H,2-10H2,1H3. The Bertz CT molecular complexity index is 248. The lowest BCUT2D eigenvalue weighted by Gasteiger charge is -2.32. The molecule has 2 aliphatic heterocycles. The Kier molecular flexibility index (Phi) is 4.76. The van der Waals surface area contributed by atoms with Crippen molar-refractivity contribution < 1.29 is 9.53 Å². The summed E-state index contributed by atoms with van der Waals surface area (Å²) in [6, 6.07) is 0.397. The number of carbonyl (C=O) groups excluding carboxylic acids is 1. The fourth-order valence-electron chi connectivity index (χ4n) is 2.58. The molecule has 98 valence electrons. The molecule has 0 aromatic carbocycles. The maximum Gasteiger partial charge on any atom is 0.219 e. The second-order valence-corrected chi connectivity index (χ2v) is 4.81. The molecule has 1 N–H and O–H groups in total. The molecule has 2 aliphatic rings. The highest BCUT2D eigenvalue weighted by Crippen LogP contribution is 2.09. The first-order chi connectivity index (χ1) is 8.27. The fraction of sp³-hybridized carbons (Fsp3) is 0.917. The Balaban J connectivity index is 1.78. The van der Waals surface area contributed by atoms with Gasteiger partial charge in [-0.25, -0.2) is 0 Å². The molecule has 2 heterocycles. The summed E-state index contributed by atoms with van der Waals surface area (Å²) < 4.78 is 5.32. The second-order valence-electron chi connectivity index (χ2n) is 4.81. The Morgan fingerprint density at radius 2 is 2.24 bits per heavy atom. The van der Waals surface area contributed by atoms with Crippen LogP contribution in [0.1, 0.15) is 13.3 Å². The van der Waals surface area contributed by atoms with E-state index in [0.29, 0.717) is 6.04 Å². The molecule has 17 heavy (non-hydrogen) atoms. The van der Waals surface area contributed by atoms with Crippen LogP contribution in [0.5, 0.6) is 0 Å². The zero-order chi connectivity index (χ0) is 12.1. The minimum atomic E-state index is 0.201. The van der Waals surface area contributed by atoms with Crippen LogP contribution in [0.25, 0.3) is 0 Å². The number of rotatable bonds is 4. The summed E-state index contributed by atoms with van der Waals surface area (Å²) >= 11 is 0.